The van der Waals surface area contributed by atoms with Crippen molar-refractivity contribution in [2.75, 3.05) is 13.6 Å². The van der Waals surface area contributed by atoms with Crippen molar-refractivity contribution < 1.29 is 4.79 Å². The van der Waals surface area contributed by atoms with Crippen molar-refractivity contribution in [2.24, 2.45) is 11.7 Å². The molecule has 1 aromatic heterocycles. The number of hydrogen-bond acceptors (Lipinski definition) is 3. The molecule has 0 spiro atoms. The third-order valence-electron chi connectivity index (χ3n) is 4.46. The van der Waals surface area contributed by atoms with Gasteiger partial charge in [-0.3, -0.25) is 4.79 Å². The second-order valence-corrected chi connectivity index (χ2v) is 7.68. The molecular weight excluding hydrogens is 280 g/mol. The highest BCUT2D eigenvalue weighted by molar-refractivity contribution is 7.14. The molecule has 1 aromatic rings. The summed E-state index contributed by atoms with van der Waals surface area (Å²) in [4.78, 5) is 16.7. The van der Waals surface area contributed by atoms with Gasteiger partial charge in [0, 0.05) is 24.5 Å². The first-order valence-electron chi connectivity index (χ1n) is 8.11. The molecule has 1 aliphatic carbocycles. The number of aryl methyl sites for hydroxylation is 2. The normalized spacial score (nSPS) is 16.4. The molecule has 1 atom stereocenters. The molecule has 2 rings (SSSR count). The number of nitrogens with two attached hydrogens (primary N) is 1. The molecule has 3 nitrogen and oxygen atoms in total. The van der Waals surface area contributed by atoms with E-state index in [1.807, 2.05) is 11.9 Å². The molecule has 21 heavy (non-hydrogen) atoms. The summed E-state index contributed by atoms with van der Waals surface area (Å²) in [6.45, 7) is 4.99. The molecule has 0 radical (unpaired) electrons. The van der Waals surface area contributed by atoms with Gasteiger partial charge in [0.2, 0.25) is 0 Å². The second kappa shape index (κ2) is 7.41. The Hall–Kier alpha value is -0.870. The quantitative estimate of drug-likeness (QED) is 0.847. The monoisotopic (exact) mass is 308 g/mol. The molecule has 4 heteroatoms. The van der Waals surface area contributed by atoms with Crippen LogP contribution in [0.25, 0.3) is 0 Å². The van der Waals surface area contributed by atoms with Crippen LogP contribution in [-0.4, -0.2) is 30.4 Å². The maximum atomic E-state index is 12.5. The third kappa shape index (κ3) is 4.30. The maximum Gasteiger partial charge on any atom is 0.263 e. The molecule has 0 aromatic carbocycles. The van der Waals surface area contributed by atoms with Gasteiger partial charge < -0.3 is 10.6 Å². The van der Waals surface area contributed by atoms with E-state index in [1.165, 1.54) is 29.7 Å². The number of amides is 1. The lowest BCUT2D eigenvalue weighted by Crippen LogP contribution is -2.34. The first-order valence-corrected chi connectivity index (χ1v) is 8.93. The van der Waals surface area contributed by atoms with Gasteiger partial charge in [-0.25, -0.2) is 0 Å². The molecule has 0 aliphatic heterocycles. The van der Waals surface area contributed by atoms with E-state index < -0.39 is 0 Å². The van der Waals surface area contributed by atoms with Crippen LogP contribution in [0.3, 0.4) is 0 Å². The Labute approximate surface area is 132 Å². The van der Waals surface area contributed by atoms with Crippen molar-refractivity contribution in [3.8, 4) is 0 Å². The van der Waals surface area contributed by atoms with Crippen LogP contribution in [0.15, 0.2) is 6.07 Å². The summed E-state index contributed by atoms with van der Waals surface area (Å²) < 4.78 is 0. The minimum absolute atomic E-state index is 0.157. The highest BCUT2D eigenvalue weighted by atomic mass is 32.1. The van der Waals surface area contributed by atoms with Crippen molar-refractivity contribution in [2.45, 2.75) is 58.4 Å². The number of hydrogen-bond donors (Lipinski definition) is 1. The summed E-state index contributed by atoms with van der Waals surface area (Å²) in [5, 5.41) is 0. The number of thiophene rings is 1. The summed E-state index contributed by atoms with van der Waals surface area (Å²) in [6, 6.07) is 2.30. The Morgan fingerprint density at radius 2 is 2.05 bits per heavy atom. The van der Waals surface area contributed by atoms with Gasteiger partial charge >= 0.3 is 0 Å². The largest absolute Gasteiger partial charge is 0.341 e. The van der Waals surface area contributed by atoms with Crippen LogP contribution in [-0.2, 0) is 12.8 Å². The minimum Gasteiger partial charge on any atom is -0.341 e. The summed E-state index contributed by atoms with van der Waals surface area (Å²) in [5.74, 6) is 0.621. The number of rotatable bonds is 5. The van der Waals surface area contributed by atoms with Gasteiger partial charge in [-0.1, -0.05) is 20.3 Å². The highest BCUT2D eigenvalue weighted by Crippen LogP contribution is 2.29. The number of nitrogens with zero attached hydrogens (tertiary/aromatic N) is 1. The molecule has 2 N–H and O–H groups in total. The Morgan fingerprint density at radius 1 is 1.33 bits per heavy atom. The van der Waals surface area contributed by atoms with E-state index in [9.17, 15) is 4.79 Å². The molecule has 0 saturated heterocycles. The summed E-state index contributed by atoms with van der Waals surface area (Å²) in [5.41, 5.74) is 7.48. The average Bonchev–Trinajstić information content (AvgIpc) is 2.74. The zero-order chi connectivity index (χ0) is 15.4. The van der Waals surface area contributed by atoms with Crippen LogP contribution in [0.4, 0.5) is 0 Å². The minimum atomic E-state index is 0.157. The van der Waals surface area contributed by atoms with Crippen LogP contribution in [0.5, 0.6) is 0 Å². The fourth-order valence-electron chi connectivity index (χ4n) is 2.74. The van der Waals surface area contributed by atoms with Gasteiger partial charge in [0.25, 0.3) is 5.91 Å². The number of carbonyl (C=O) groups excluding carboxylic acids is 1. The average molecular weight is 308 g/mol. The lowest BCUT2D eigenvalue weighted by molar-refractivity contribution is 0.0794. The smallest absolute Gasteiger partial charge is 0.263 e. The standard InChI is InChI=1S/C17H28N2OS/c1-12(2)14(18)9-10-19(3)17(20)16-11-13-7-5-4-6-8-15(13)21-16/h11-12,14H,4-10,18H2,1-3H3. The molecular formula is C17H28N2OS. The Balaban J connectivity index is 1.96. The fraction of sp³-hybridized carbons (Fsp3) is 0.706. The Bertz CT molecular complexity index is 458. The Morgan fingerprint density at radius 3 is 2.76 bits per heavy atom. The summed E-state index contributed by atoms with van der Waals surface area (Å²) in [6.07, 6.45) is 7.00. The Kier molecular flexibility index (Phi) is 5.82. The first kappa shape index (κ1) is 16.5. The van der Waals surface area contributed by atoms with E-state index >= 15 is 0 Å². The predicted octanol–water partition coefficient (Wildman–Crippen LogP) is 3.46. The second-order valence-electron chi connectivity index (χ2n) is 6.54. The zero-order valence-corrected chi connectivity index (χ0v) is 14.3. The summed E-state index contributed by atoms with van der Waals surface area (Å²) in [7, 11) is 1.89. The fourth-order valence-corrected chi connectivity index (χ4v) is 3.99. The molecule has 0 fully saturated rings. The number of fused-ring (bicyclic) bond motifs is 1. The summed E-state index contributed by atoms with van der Waals surface area (Å²) >= 11 is 1.70. The van der Waals surface area contributed by atoms with Crippen LogP contribution >= 0.6 is 11.3 Å². The third-order valence-corrected chi connectivity index (χ3v) is 5.68. The lowest BCUT2D eigenvalue weighted by Gasteiger charge is -2.21. The molecule has 0 saturated carbocycles. The van der Waals surface area contributed by atoms with Crippen molar-refractivity contribution in [3.63, 3.8) is 0 Å². The topological polar surface area (TPSA) is 46.3 Å². The van der Waals surface area contributed by atoms with Gasteiger partial charge in [0.15, 0.2) is 0 Å². The van der Waals surface area contributed by atoms with E-state index in [2.05, 4.69) is 19.9 Å². The molecule has 0 bridgehead atoms. The maximum absolute atomic E-state index is 12.5. The predicted molar refractivity (Wildman–Crippen MR) is 90.0 cm³/mol. The van der Waals surface area contributed by atoms with E-state index in [1.54, 1.807) is 11.3 Å². The van der Waals surface area contributed by atoms with Crippen LogP contribution in [0.1, 0.15) is 59.6 Å². The van der Waals surface area contributed by atoms with E-state index in [0.29, 0.717) is 5.92 Å². The van der Waals surface area contributed by atoms with Gasteiger partial charge in [-0.05, 0) is 49.7 Å². The SMILES string of the molecule is CC(C)C(N)CCN(C)C(=O)c1cc2c(s1)CCCCC2. The molecule has 1 aliphatic rings. The van der Waals surface area contributed by atoms with Crippen LogP contribution < -0.4 is 5.73 Å². The highest BCUT2D eigenvalue weighted by Gasteiger charge is 2.19. The van der Waals surface area contributed by atoms with Crippen molar-refractivity contribution in [3.05, 3.63) is 21.4 Å². The molecule has 1 amide bonds. The molecule has 1 heterocycles. The van der Waals surface area contributed by atoms with Crippen molar-refractivity contribution in [1.82, 2.24) is 4.90 Å². The van der Waals surface area contributed by atoms with Crippen LogP contribution in [0.2, 0.25) is 0 Å². The van der Waals surface area contributed by atoms with Gasteiger partial charge in [0.05, 0.1) is 4.88 Å². The van der Waals surface area contributed by atoms with Crippen molar-refractivity contribution >= 4 is 17.2 Å². The van der Waals surface area contributed by atoms with E-state index in [0.717, 1.165) is 30.7 Å². The number of carbonyl (C=O) groups is 1. The van der Waals surface area contributed by atoms with Gasteiger partial charge in [0.1, 0.15) is 0 Å². The molecule has 118 valence electrons. The van der Waals surface area contributed by atoms with Crippen molar-refractivity contribution in [1.29, 1.82) is 0 Å². The lowest BCUT2D eigenvalue weighted by atomic mass is 10.0. The first-order chi connectivity index (χ1) is 9.99. The van der Waals surface area contributed by atoms with E-state index in [4.69, 9.17) is 5.73 Å². The van der Waals surface area contributed by atoms with Gasteiger partial charge in [-0.15, -0.1) is 11.3 Å². The van der Waals surface area contributed by atoms with Gasteiger partial charge in [-0.2, -0.15) is 0 Å². The zero-order valence-electron chi connectivity index (χ0n) is 13.5. The molecule has 1 unspecified atom stereocenters. The van der Waals surface area contributed by atoms with Crippen LogP contribution in [0, 0.1) is 5.92 Å². The van der Waals surface area contributed by atoms with E-state index in [-0.39, 0.29) is 11.9 Å².